The molecule has 0 aliphatic heterocycles. The minimum atomic E-state index is -0.277. The van der Waals surface area contributed by atoms with E-state index in [1.54, 1.807) is 0 Å². The lowest BCUT2D eigenvalue weighted by Crippen LogP contribution is -2.11. The summed E-state index contributed by atoms with van der Waals surface area (Å²) in [4.78, 5) is 23.6. The molecule has 164 valence electrons. The fourth-order valence-corrected chi connectivity index (χ4v) is 5.61. The van der Waals surface area contributed by atoms with Gasteiger partial charge >= 0.3 is 0 Å². The molecule has 3 aromatic carbocycles. The van der Waals surface area contributed by atoms with Crippen molar-refractivity contribution in [2.45, 2.75) is 0 Å². The van der Waals surface area contributed by atoms with Crippen molar-refractivity contribution in [1.29, 1.82) is 0 Å². The molecular weight excluding hydrogens is 460 g/mol. The van der Waals surface area contributed by atoms with Gasteiger partial charge in [0.05, 0.1) is 17.1 Å². The molecule has 3 N–H and O–H groups in total. The van der Waals surface area contributed by atoms with Gasteiger partial charge in [0.2, 0.25) is 0 Å². The number of pyridine rings is 1. The molecule has 6 rings (SSSR count). The highest BCUT2D eigenvalue weighted by Gasteiger charge is 2.19. The molecule has 6 aromatic rings. The summed E-state index contributed by atoms with van der Waals surface area (Å²) in [6.45, 7) is 0. The van der Waals surface area contributed by atoms with E-state index in [1.165, 1.54) is 28.1 Å². The first-order valence-electron chi connectivity index (χ1n) is 10.7. The maximum Gasteiger partial charge on any atom is 0.269 e. The van der Waals surface area contributed by atoms with Crippen LogP contribution < -0.4 is 11.1 Å². The van der Waals surface area contributed by atoms with Gasteiger partial charge in [-0.1, -0.05) is 66.7 Å². The molecule has 0 spiro atoms. The number of thiophene rings is 1. The number of nitrogen functional groups attached to an aromatic ring is 1. The number of carbonyl (C=O) groups is 1. The largest absolute Gasteiger partial charge is 0.397 e. The molecule has 3 heterocycles. The molecule has 3 aromatic heterocycles. The van der Waals surface area contributed by atoms with E-state index in [4.69, 9.17) is 10.7 Å². The van der Waals surface area contributed by atoms with Gasteiger partial charge in [0, 0.05) is 21.9 Å². The highest BCUT2D eigenvalue weighted by molar-refractivity contribution is 7.21. The normalized spacial score (nSPS) is 11.2. The number of benzene rings is 3. The third-order valence-corrected chi connectivity index (χ3v) is 7.51. The highest BCUT2D eigenvalue weighted by atomic mass is 32.1. The van der Waals surface area contributed by atoms with Crippen molar-refractivity contribution < 1.29 is 4.79 Å². The summed E-state index contributed by atoms with van der Waals surface area (Å²) in [5.41, 5.74) is 10.5. The fraction of sp³-hybridized carbons (Fsp3) is 0. The number of nitrogens with one attached hydrogen (secondary N) is 1. The standard InChI is InChI=1S/C27H18N4OS2/c28-23-20-12-13-21(17-7-2-1-3-8-17)29-26(20)34-24(23)25(32)31-27-30-22(15-33-27)19-11-10-16-6-4-5-9-18(16)14-19/h1-15H,28H2,(H,30,31,32). The van der Waals surface area contributed by atoms with Crippen molar-refractivity contribution in [2.24, 2.45) is 0 Å². The van der Waals surface area contributed by atoms with Gasteiger partial charge in [-0.3, -0.25) is 10.1 Å². The van der Waals surface area contributed by atoms with Crippen molar-refractivity contribution in [3.05, 3.63) is 95.2 Å². The summed E-state index contributed by atoms with van der Waals surface area (Å²) in [5.74, 6) is -0.277. The van der Waals surface area contributed by atoms with Crippen LogP contribution in [-0.4, -0.2) is 15.9 Å². The van der Waals surface area contributed by atoms with E-state index in [2.05, 4.69) is 34.6 Å². The molecule has 5 nitrogen and oxygen atoms in total. The van der Waals surface area contributed by atoms with Gasteiger partial charge in [-0.25, -0.2) is 9.97 Å². The molecule has 0 radical (unpaired) electrons. The number of thiazole rings is 1. The van der Waals surface area contributed by atoms with E-state index >= 15 is 0 Å². The first-order valence-corrected chi connectivity index (χ1v) is 12.4. The summed E-state index contributed by atoms with van der Waals surface area (Å²) in [6.07, 6.45) is 0. The van der Waals surface area contributed by atoms with E-state index in [-0.39, 0.29) is 5.91 Å². The topological polar surface area (TPSA) is 80.9 Å². The van der Waals surface area contributed by atoms with Gasteiger partial charge < -0.3 is 5.73 Å². The Bertz CT molecular complexity index is 1670. The lowest BCUT2D eigenvalue weighted by atomic mass is 10.1. The van der Waals surface area contributed by atoms with Crippen LogP contribution in [0.5, 0.6) is 0 Å². The molecule has 0 saturated heterocycles. The van der Waals surface area contributed by atoms with E-state index in [0.717, 1.165) is 38.1 Å². The molecular formula is C27H18N4OS2. The summed E-state index contributed by atoms with van der Waals surface area (Å²) in [6, 6.07) is 28.2. The van der Waals surface area contributed by atoms with E-state index in [1.807, 2.05) is 66.0 Å². The number of hydrogen-bond donors (Lipinski definition) is 2. The van der Waals surface area contributed by atoms with Gasteiger partial charge in [0.1, 0.15) is 9.71 Å². The molecule has 7 heteroatoms. The van der Waals surface area contributed by atoms with Crippen LogP contribution >= 0.6 is 22.7 Å². The zero-order chi connectivity index (χ0) is 23.1. The average Bonchev–Trinajstić information content (AvgIpc) is 3.48. The lowest BCUT2D eigenvalue weighted by molar-refractivity contribution is 0.103. The average molecular weight is 479 g/mol. The number of anilines is 2. The van der Waals surface area contributed by atoms with Crippen LogP contribution in [0.25, 0.3) is 43.5 Å². The number of nitrogens with two attached hydrogens (primary N) is 1. The van der Waals surface area contributed by atoms with Crippen molar-refractivity contribution in [3.63, 3.8) is 0 Å². The number of hydrogen-bond acceptors (Lipinski definition) is 6. The minimum absolute atomic E-state index is 0.277. The Hall–Kier alpha value is -4.07. The van der Waals surface area contributed by atoms with Gasteiger partial charge in [0.25, 0.3) is 5.91 Å². The summed E-state index contributed by atoms with van der Waals surface area (Å²) in [5, 5.41) is 8.50. The van der Waals surface area contributed by atoms with Crippen LogP contribution in [0.2, 0.25) is 0 Å². The zero-order valence-corrected chi connectivity index (χ0v) is 19.5. The second-order valence-electron chi connectivity index (χ2n) is 7.81. The minimum Gasteiger partial charge on any atom is -0.397 e. The van der Waals surface area contributed by atoms with E-state index in [9.17, 15) is 4.79 Å². The fourth-order valence-electron chi connectivity index (χ4n) is 3.90. The van der Waals surface area contributed by atoms with E-state index < -0.39 is 0 Å². The molecule has 0 saturated carbocycles. The second kappa shape index (κ2) is 8.37. The molecule has 0 bridgehead atoms. The van der Waals surface area contributed by atoms with Crippen LogP contribution in [0.3, 0.4) is 0 Å². The molecule has 0 atom stereocenters. The zero-order valence-electron chi connectivity index (χ0n) is 17.9. The predicted molar refractivity (Wildman–Crippen MR) is 142 cm³/mol. The molecule has 34 heavy (non-hydrogen) atoms. The number of fused-ring (bicyclic) bond motifs is 2. The highest BCUT2D eigenvalue weighted by Crippen LogP contribution is 2.35. The van der Waals surface area contributed by atoms with Crippen LogP contribution in [0.4, 0.5) is 10.8 Å². The Kier molecular flexibility index (Phi) is 5.05. The summed E-state index contributed by atoms with van der Waals surface area (Å²) < 4.78 is 0. The third-order valence-electron chi connectivity index (χ3n) is 5.64. The lowest BCUT2D eigenvalue weighted by Gasteiger charge is -2.02. The quantitative estimate of drug-likeness (QED) is 0.284. The van der Waals surface area contributed by atoms with Crippen molar-refractivity contribution in [3.8, 4) is 22.5 Å². The molecule has 0 aliphatic carbocycles. The first-order chi connectivity index (χ1) is 16.7. The van der Waals surface area contributed by atoms with Gasteiger partial charge in [-0.2, -0.15) is 0 Å². The smallest absolute Gasteiger partial charge is 0.269 e. The predicted octanol–water partition coefficient (Wildman–Crippen LogP) is 7.07. The first kappa shape index (κ1) is 20.5. The monoisotopic (exact) mass is 478 g/mol. The molecule has 0 unspecified atom stereocenters. The Morgan fingerprint density at radius 1 is 0.794 bits per heavy atom. The van der Waals surface area contributed by atoms with Crippen LogP contribution in [0.15, 0.2) is 90.3 Å². The van der Waals surface area contributed by atoms with Gasteiger partial charge in [-0.15, -0.1) is 22.7 Å². The number of carbonyl (C=O) groups excluding carboxylic acids is 1. The van der Waals surface area contributed by atoms with E-state index in [0.29, 0.717) is 15.7 Å². The molecule has 1 amide bonds. The number of amides is 1. The second-order valence-corrected chi connectivity index (χ2v) is 9.67. The van der Waals surface area contributed by atoms with Crippen molar-refractivity contribution >= 4 is 60.4 Å². The van der Waals surface area contributed by atoms with Crippen LogP contribution in [-0.2, 0) is 0 Å². The Morgan fingerprint density at radius 3 is 2.44 bits per heavy atom. The van der Waals surface area contributed by atoms with Gasteiger partial charge in [-0.05, 0) is 29.0 Å². The molecule has 0 aliphatic rings. The number of rotatable bonds is 4. The van der Waals surface area contributed by atoms with Gasteiger partial charge in [0.15, 0.2) is 5.13 Å². The molecule has 0 fully saturated rings. The number of aromatic nitrogens is 2. The van der Waals surface area contributed by atoms with Crippen LogP contribution in [0, 0.1) is 0 Å². The third kappa shape index (κ3) is 3.71. The Morgan fingerprint density at radius 2 is 1.59 bits per heavy atom. The number of nitrogens with zero attached hydrogens (tertiary/aromatic N) is 2. The van der Waals surface area contributed by atoms with Crippen molar-refractivity contribution in [2.75, 3.05) is 11.1 Å². The summed E-state index contributed by atoms with van der Waals surface area (Å²) >= 11 is 2.68. The summed E-state index contributed by atoms with van der Waals surface area (Å²) in [7, 11) is 0. The van der Waals surface area contributed by atoms with Crippen molar-refractivity contribution in [1.82, 2.24) is 9.97 Å². The maximum atomic E-state index is 13.0. The van der Waals surface area contributed by atoms with Crippen LogP contribution in [0.1, 0.15) is 9.67 Å². The Labute approximate surface area is 203 Å². The Balaban J connectivity index is 1.27. The SMILES string of the molecule is Nc1c(C(=O)Nc2nc(-c3ccc4ccccc4c3)cs2)sc2nc(-c3ccccc3)ccc12. The maximum absolute atomic E-state index is 13.0.